The fourth-order valence-corrected chi connectivity index (χ4v) is 1.36. The molecule has 3 N–H and O–H groups in total. The summed E-state index contributed by atoms with van der Waals surface area (Å²) in [6.07, 6.45) is 0. The minimum absolute atomic E-state index is 0.0802. The van der Waals surface area contributed by atoms with Crippen LogP contribution >= 0.6 is 22.6 Å². The zero-order chi connectivity index (χ0) is 13.1. The van der Waals surface area contributed by atoms with Gasteiger partial charge in [0.05, 0.1) is 10.1 Å². The summed E-state index contributed by atoms with van der Waals surface area (Å²) in [6.45, 7) is -2.28. The zero-order valence-corrected chi connectivity index (χ0v) is 10.7. The monoisotopic (exact) mass is 357 g/mol. The van der Waals surface area contributed by atoms with E-state index in [1.807, 2.05) is 27.9 Å². The molecule has 17 heavy (non-hydrogen) atoms. The first kappa shape index (κ1) is 14.1. The number of aliphatic hydroxyl groups is 1. The maximum atomic E-state index is 12.7. The van der Waals surface area contributed by atoms with E-state index in [0.717, 1.165) is 0 Å². The summed E-state index contributed by atoms with van der Waals surface area (Å²) in [5, 5.41) is 19.6. The van der Waals surface area contributed by atoms with Crippen molar-refractivity contribution in [2.45, 2.75) is 5.92 Å². The number of amides is 1. The van der Waals surface area contributed by atoms with Gasteiger partial charge in [-0.25, -0.2) is 8.78 Å². The normalized spacial score (nSPS) is 11.3. The number of halogens is 3. The number of phenols is 1. The number of phenolic OH excluding ortho intramolecular Hbond substituents is 1. The largest absolute Gasteiger partial charge is 0.507 e. The van der Waals surface area contributed by atoms with Crippen LogP contribution in [0.2, 0.25) is 0 Å². The van der Waals surface area contributed by atoms with Crippen molar-refractivity contribution in [2.24, 2.45) is 0 Å². The Morgan fingerprint density at radius 3 is 2.65 bits per heavy atom. The molecule has 0 heterocycles. The van der Waals surface area contributed by atoms with Gasteiger partial charge in [0.15, 0.2) is 0 Å². The van der Waals surface area contributed by atoms with Gasteiger partial charge in [-0.05, 0) is 40.8 Å². The summed E-state index contributed by atoms with van der Waals surface area (Å²) < 4.78 is 25.9. The molecule has 0 fully saturated rings. The summed E-state index contributed by atoms with van der Waals surface area (Å²) in [4.78, 5) is 11.4. The number of carbonyl (C=O) groups excluding carboxylic acids is 1. The second-order valence-corrected chi connectivity index (χ2v) is 4.53. The van der Waals surface area contributed by atoms with Gasteiger partial charge in [-0.15, -0.1) is 0 Å². The number of aliphatic hydroxyl groups excluding tert-OH is 1. The lowest BCUT2D eigenvalue weighted by molar-refractivity contribution is -0.0462. The van der Waals surface area contributed by atoms with Crippen LogP contribution in [0.1, 0.15) is 10.4 Å². The van der Waals surface area contributed by atoms with Crippen molar-refractivity contribution >= 4 is 28.5 Å². The van der Waals surface area contributed by atoms with Crippen LogP contribution in [0.5, 0.6) is 5.75 Å². The molecule has 0 unspecified atom stereocenters. The average Bonchev–Trinajstić information content (AvgIpc) is 2.30. The molecule has 0 saturated heterocycles. The molecular formula is C10H10F2INO3. The first-order valence-electron chi connectivity index (χ1n) is 4.61. The van der Waals surface area contributed by atoms with Crippen LogP contribution in [0, 0.1) is 3.57 Å². The number of hydrogen-bond acceptors (Lipinski definition) is 3. The van der Waals surface area contributed by atoms with Crippen LogP contribution in [0.25, 0.3) is 0 Å². The Bertz CT molecular complexity index is 426. The lowest BCUT2D eigenvalue weighted by Gasteiger charge is -2.14. The molecule has 0 aliphatic heterocycles. The Morgan fingerprint density at radius 2 is 2.12 bits per heavy atom. The van der Waals surface area contributed by atoms with Gasteiger partial charge < -0.3 is 15.5 Å². The Kier molecular flexibility index (Phi) is 4.63. The molecule has 1 rings (SSSR count). The molecule has 0 aromatic heterocycles. The summed E-state index contributed by atoms with van der Waals surface area (Å²) in [7, 11) is 0. The fourth-order valence-electron chi connectivity index (χ4n) is 1.02. The summed E-state index contributed by atoms with van der Waals surface area (Å²) in [6, 6.07) is 4.09. The molecule has 1 aromatic rings. The Morgan fingerprint density at radius 1 is 1.47 bits per heavy atom. The third-order valence-electron chi connectivity index (χ3n) is 1.95. The number of rotatable bonds is 4. The van der Waals surface area contributed by atoms with Crippen molar-refractivity contribution < 1.29 is 23.8 Å². The van der Waals surface area contributed by atoms with E-state index in [-0.39, 0.29) is 11.3 Å². The van der Waals surface area contributed by atoms with Crippen LogP contribution in [-0.2, 0) is 0 Å². The minimum atomic E-state index is -3.35. The van der Waals surface area contributed by atoms with Crippen molar-refractivity contribution in [1.82, 2.24) is 5.32 Å². The molecule has 0 aliphatic rings. The van der Waals surface area contributed by atoms with Gasteiger partial charge >= 0.3 is 0 Å². The van der Waals surface area contributed by atoms with Gasteiger partial charge in [0.2, 0.25) is 0 Å². The second kappa shape index (κ2) is 5.58. The van der Waals surface area contributed by atoms with Crippen LogP contribution < -0.4 is 5.32 Å². The van der Waals surface area contributed by atoms with Crippen molar-refractivity contribution in [2.75, 3.05) is 13.2 Å². The Hall–Kier alpha value is -0.960. The molecule has 1 amide bonds. The van der Waals surface area contributed by atoms with E-state index in [1.165, 1.54) is 18.2 Å². The Labute approximate surface area is 110 Å². The molecule has 4 nitrogen and oxygen atoms in total. The molecule has 1 aromatic carbocycles. The van der Waals surface area contributed by atoms with Gasteiger partial charge in [0.25, 0.3) is 11.8 Å². The summed E-state index contributed by atoms with van der Waals surface area (Å²) >= 11 is 1.87. The fraction of sp³-hybridized carbons (Fsp3) is 0.300. The predicted molar refractivity (Wildman–Crippen MR) is 65.2 cm³/mol. The van der Waals surface area contributed by atoms with Crippen LogP contribution in [0.3, 0.4) is 0 Å². The van der Waals surface area contributed by atoms with Crippen molar-refractivity contribution in [1.29, 1.82) is 0 Å². The quantitative estimate of drug-likeness (QED) is 0.713. The zero-order valence-electron chi connectivity index (χ0n) is 8.58. The van der Waals surface area contributed by atoms with E-state index in [4.69, 9.17) is 5.11 Å². The maximum Gasteiger partial charge on any atom is 0.287 e. The van der Waals surface area contributed by atoms with Gasteiger partial charge in [0, 0.05) is 5.56 Å². The molecular weight excluding hydrogens is 347 g/mol. The van der Waals surface area contributed by atoms with Gasteiger partial charge in [-0.1, -0.05) is 0 Å². The highest BCUT2D eigenvalue weighted by atomic mass is 127. The van der Waals surface area contributed by atoms with E-state index in [9.17, 15) is 18.7 Å². The van der Waals surface area contributed by atoms with Gasteiger partial charge in [0.1, 0.15) is 12.4 Å². The number of hydrogen-bond donors (Lipinski definition) is 3. The third-order valence-corrected chi connectivity index (χ3v) is 2.86. The first-order valence-corrected chi connectivity index (χ1v) is 5.69. The Balaban J connectivity index is 2.68. The van der Waals surface area contributed by atoms with Crippen molar-refractivity contribution in [3.63, 3.8) is 0 Å². The molecule has 0 radical (unpaired) electrons. The number of alkyl halides is 2. The predicted octanol–water partition coefficient (Wildman–Crippen LogP) is 1.35. The van der Waals surface area contributed by atoms with Crippen molar-refractivity contribution in [3.05, 3.63) is 27.3 Å². The van der Waals surface area contributed by atoms with E-state index >= 15 is 0 Å². The number of benzene rings is 1. The average molecular weight is 357 g/mol. The number of carbonyl (C=O) groups is 1. The smallest absolute Gasteiger partial charge is 0.287 e. The highest BCUT2D eigenvalue weighted by Gasteiger charge is 2.28. The molecule has 0 aliphatic carbocycles. The van der Waals surface area contributed by atoms with E-state index < -0.39 is 25.0 Å². The number of aromatic hydroxyl groups is 1. The standard InChI is InChI=1S/C10H10F2INO3/c11-10(12,5-15)4-14-9(17)6-1-2-7(13)8(16)3-6/h1-3,15-16H,4-5H2,(H,14,17). The minimum Gasteiger partial charge on any atom is -0.507 e. The van der Waals surface area contributed by atoms with Gasteiger partial charge in [-0.3, -0.25) is 4.79 Å². The second-order valence-electron chi connectivity index (χ2n) is 3.36. The highest BCUT2D eigenvalue weighted by molar-refractivity contribution is 14.1. The number of nitrogens with one attached hydrogen (secondary N) is 1. The lowest BCUT2D eigenvalue weighted by atomic mass is 10.2. The van der Waals surface area contributed by atoms with Crippen LogP contribution in [0.15, 0.2) is 18.2 Å². The van der Waals surface area contributed by atoms with E-state index in [1.54, 1.807) is 0 Å². The van der Waals surface area contributed by atoms with E-state index in [0.29, 0.717) is 3.57 Å². The maximum absolute atomic E-state index is 12.7. The first-order chi connectivity index (χ1) is 7.85. The van der Waals surface area contributed by atoms with Crippen LogP contribution in [0.4, 0.5) is 8.78 Å². The van der Waals surface area contributed by atoms with Crippen LogP contribution in [-0.4, -0.2) is 35.2 Å². The molecule has 94 valence electrons. The molecule has 0 spiro atoms. The third kappa shape index (κ3) is 4.08. The molecule has 0 bridgehead atoms. The molecule has 0 atom stereocenters. The topological polar surface area (TPSA) is 69.6 Å². The van der Waals surface area contributed by atoms with Crippen molar-refractivity contribution in [3.8, 4) is 5.75 Å². The highest BCUT2D eigenvalue weighted by Crippen LogP contribution is 2.20. The molecule has 0 saturated carbocycles. The van der Waals surface area contributed by atoms with E-state index in [2.05, 4.69) is 0 Å². The lowest BCUT2D eigenvalue weighted by Crippen LogP contribution is -2.38. The van der Waals surface area contributed by atoms with Gasteiger partial charge in [-0.2, -0.15) is 0 Å². The summed E-state index contributed by atoms with van der Waals surface area (Å²) in [5.74, 6) is -4.17. The summed E-state index contributed by atoms with van der Waals surface area (Å²) in [5.41, 5.74) is 0.0802. The molecule has 7 heteroatoms. The SMILES string of the molecule is O=C(NCC(F)(F)CO)c1ccc(I)c(O)c1.